The molecule has 12 heavy (non-hydrogen) atoms. The summed E-state index contributed by atoms with van der Waals surface area (Å²) in [7, 11) is 0. The molecule has 0 aromatic carbocycles. The quantitative estimate of drug-likeness (QED) is 0.537. The van der Waals surface area contributed by atoms with Crippen molar-refractivity contribution in [3.8, 4) is 0 Å². The third kappa shape index (κ3) is 2.23. The Morgan fingerprint density at radius 1 is 1.58 bits per heavy atom. The van der Waals surface area contributed by atoms with Gasteiger partial charge in [0.2, 0.25) is 0 Å². The lowest BCUT2D eigenvalue weighted by Gasteiger charge is -2.25. The third-order valence-corrected chi connectivity index (χ3v) is 2.86. The van der Waals surface area contributed by atoms with Crippen molar-refractivity contribution in [1.82, 2.24) is 0 Å². The zero-order valence-corrected chi connectivity index (χ0v) is 8.18. The molecule has 0 saturated carbocycles. The standard InChI is InChI=1S/C12H20/c1-3-5-9-12(8-4-2)10-6-7-11-12/h4,6,10H,2-3,5,7-9,11H2,1H3. The summed E-state index contributed by atoms with van der Waals surface area (Å²) in [5.41, 5.74) is 0.498. The molecule has 0 nitrogen and oxygen atoms in total. The Hall–Kier alpha value is -0.520. The van der Waals surface area contributed by atoms with Gasteiger partial charge in [-0.2, -0.15) is 0 Å². The summed E-state index contributed by atoms with van der Waals surface area (Å²) in [5, 5.41) is 0. The fourth-order valence-electron chi connectivity index (χ4n) is 2.08. The zero-order valence-electron chi connectivity index (χ0n) is 8.18. The lowest BCUT2D eigenvalue weighted by Crippen LogP contribution is -2.13. The predicted octanol–water partition coefficient (Wildman–Crippen LogP) is 4.09. The van der Waals surface area contributed by atoms with E-state index >= 15 is 0 Å². The first-order valence-electron chi connectivity index (χ1n) is 5.11. The Labute approximate surface area is 76.4 Å². The van der Waals surface area contributed by atoms with Crippen molar-refractivity contribution < 1.29 is 0 Å². The van der Waals surface area contributed by atoms with Crippen LogP contribution in [0.4, 0.5) is 0 Å². The molecule has 1 rings (SSSR count). The van der Waals surface area contributed by atoms with E-state index in [1.165, 1.54) is 38.5 Å². The van der Waals surface area contributed by atoms with Crippen LogP contribution in [0.15, 0.2) is 24.8 Å². The van der Waals surface area contributed by atoms with Crippen molar-refractivity contribution in [2.45, 2.75) is 45.4 Å². The molecule has 1 aliphatic rings. The lowest BCUT2D eigenvalue weighted by molar-refractivity contribution is 0.337. The van der Waals surface area contributed by atoms with E-state index in [4.69, 9.17) is 0 Å². The third-order valence-electron chi connectivity index (χ3n) is 2.86. The molecule has 1 atom stereocenters. The molecular formula is C12H20. The fraction of sp³-hybridized carbons (Fsp3) is 0.667. The summed E-state index contributed by atoms with van der Waals surface area (Å²) in [4.78, 5) is 0. The molecule has 0 aromatic rings. The van der Waals surface area contributed by atoms with E-state index in [2.05, 4.69) is 31.7 Å². The van der Waals surface area contributed by atoms with Crippen LogP contribution in [0.3, 0.4) is 0 Å². The Balaban J connectivity index is 2.47. The first-order chi connectivity index (χ1) is 5.83. The summed E-state index contributed by atoms with van der Waals surface area (Å²) in [6.07, 6.45) is 14.6. The lowest BCUT2D eigenvalue weighted by atomic mass is 9.79. The van der Waals surface area contributed by atoms with E-state index < -0.39 is 0 Å². The van der Waals surface area contributed by atoms with Gasteiger partial charge in [0.1, 0.15) is 0 Å². The number of hydrogen-bond acceptors (Lipinski definition) is 0. The monoisotopic (exact) mass is 164 g/mol. The summed E-state index contributed by atoms with van der Waals surface area (Å²) in [6, 6.07) is 0. The van der Waals surface area contributed by atoms with Crippen LogP contribution in [0.1, 0.15) is 45.4 Å². The molecular weight excluding hydrogens is 144 g/mol. The van der Waals surface area contributed by atoms with E-state index in [0.717, 1.165) is 0 Å². The molecule has 0 aliphatic heterocycles. The highest BCUT2D eigenvalue weighted by Crippen LogP contribution is 2.40. The Morgan fingerprint density at radius 3 is 2.92 bits per heavy atom. The van der Waals surface area contributed by atoms with Crippen LogP contribution >= 0.6 is 0 Å². The molecule has 68 valence electrons. The van der Waals surface area contributed by atoms with Gasteiger partial charge < -0.3 is 0 Å². The predicted molar refractivity (Wildman–Crippen MR) is 55.1 cm³/mol. The second kappa shape index (κ2) is 4.49. The Morgan fingerprint density at radius 2 is 2.42 bits per heavy atom. The summed E-state index contributed by atoms with van der Waals surface area (Å²) >= 11 is 0. The maximum absolute atomic E-state index is 3.84. The zero-order chi connectivity index (χ0) is 8.86. The molecule has 0 bridgehead atoms. The van der Waals surface area contributed by atoms with E-state index in [-0.39, 0.29) is 0 Å². The molecule has 1 unspecified atom stereocenters. The molecule has 0 fully saturated rings. The second-order valence-corrected chi connectivity index (χ2v) is 3.90. The fourth-order valence-corrected chi connectivity index (χ4v) is 2.08. The summed E-state index contributed by atoms with van der Waals surface area (Å²) in [5.74, 6) is 0. The van der Waals surface area contributed by atoms with Crippen LogP contribution < -0.4 is 0 Å². The molecule has 0 spiro atoms. The molecule has 0 amide bonds. The Kier molecular flexibility index (Phi) is 3.58. The normalized spacial score (nSPS) is 27.8. The maximum atomic E-state index is 3.84. The van der Waals surface area contributed by atoms with Crippen LogP contribution in [0.2, 0.25) is 0 Å². The van der Waals surface area contributed by atoms with Gasteiger partial charge in [0.15, 0.2) is 0 Å². The second-order valence-electron chi connectivity index (χ2n) is 3.90. The van der Waals surface area contributed by atoms with E-state index in [0.29, 0.717) is 5.41 Å². The maximum Gasteiger partial charge on any atom is -0.00809 e. The van der Waals surface area contributed by atoms with Crippen molar-refractivity contribution in [2.75, 3.05) is 0 Å². The molecule has 0 heteroatoms. The number of allylic oxidation sites excluding steroid dienone is 3. The van der Waals surface area contributed by atoms with Crippen molar-refractivity contribution in [3.63, 3.8) is 0 Å². The number of hydrogen-bond donors (Lipinski definition) is 0. The average molecular weight is 164 g/mol. The van der Waals surface area contributed by atoms with E-state index in [1.807, 2.05) is 0 Å². The van der Waals surface area contributed by atoms with Gasteiger partial charge in [0.25, 0.3) is 0 Å². The van der Waals surface area contributed by atoms with Crippen LogP contribution in [-0.4, -0.2) is 0 Å². The molecule has 0 saturated heterocycles. The van der Waals surface area contributed by atoms with E-state index in [1.54, 1.807) is 0 Å². The van der Waals surface area contributed by atoms with Gasteiger partial charge in [0, 0.05) is 0 Å². The highest BCUT2D eigenvalue weighted by molar-refractivity contribution is 5.08. The summed E-state index contributed by atoms with van der Waals surface area (Å²) in [6.45, 7) is 6.11. The van der Waals surface area contributed by atoms with Gasteiger partial charge in [-0.15, -0.1) is 6.58 Å². The van der Waals surface area contributed by atoms with Gasteiger partial charge in [-0.25, -0.2) is 0 Å². The van der Waals surface area contributed by atoms with Crippen molar-refractivity contribution >= 4 is 0 Å². The molecule has 1 aliphatic carbocycles. The molecule has 0 radical (unpaired) electrons. The average Bonchev–Trinajstić information content (AvgIpc) is 2.51. The van der Waals surface area contributed by atoms with Crippen LogP contribution in [0.5, 0.6) is 0 Å². The van der Waals surface area contributed by atoms with Crippen molar-refractivity contribution in [3.05, 3.63) is 24.8 Å². The van der Waals surface area contributed by atoms with Gasteiger partial charge in [0.05, 0.1) is 0 Å². The minimum absolute atomic E-state index is 0.498. The topological polar surface area (TPSA) is 0 Å². The van der Waals surface area contributed by atoms with Crippen LogP contribution in [0, 0.1) is 5.41 Å². The van der Waals surface area contributed by atoms with Crippen LogP contribution in [0.25, 0.3) is 0 Å². The first-order valence-corrected chi connectivity index (χ1v) is 5.11. The first kappa shape index (κ1) is 9.57. The Bertz CT molecular complexity index is 167. The molecule has 0 N–H and O–H groups in total. The van der Waals surface area contributed by atoms with Gasteiger partial charge in [-0.05, 0) is 31.1 Å². The largest absolute Gasteiger partial charge is 0.103 e. The van der Waals surface area contributed by atoms with Crippen molar-refractivity contribution in [1.29, 1.82) is 0 Å². The minimum Gasteiger partial charge on any atom is -0.103 e. The highest BCUT2D eigenvalue weighted by atomic mass is 14.3. The molecule has 0 aromatic heterocycles. The van der Waals surface area contributed by atoms with Crippen LogP contribution in [-0.2, 0) is 0 Å². The van der Waals surface area contributed by atoms with Gasteiger partial charge in [-0.3, -0.25) is 0 Å². The number of rotatable bonds is 5. The van der Waals surface area contributed by atoms with Gasteiger partial charge >= 0.3 is 0 Å². The van der Waals surface area contributed by atoms with Crippen molar-refractivity contribution in [2.24, 2.45) is 5.41 Å². The minimum atomic E-state index is 0.498. The smallest absolute Gasteiger partial charge is 0.00809 e. The highest BCUT2D eigenvalue weighted by Gasteiger charge is 2.26. The molecule has 0 heterocycles. The summed E-state index contributed by atoms with van der Waals surface area (Å²) < 4.78 is 0. The SMILES string of the molecule is C=CCC1(CCCC)C=CCC1. The van der Waals surface area contributed by atoms with Gasteiger partial charge in [-0.1, -0.05) is 38.0 Å². The van der Waals surface area contributed by atoms with E-state index in [9.17, 15) is 0 Å². The number of unbranched alkanes of at least 4 members (excludes halogenated alkanes) is 1.